The predicted molar refractivity (Wildman–Crippen MR) is 254 cm³/mol. The van der Waals surface area contributed by atoms with E-state index in [2.05, 4.69) is 26.3 Å². The maximum absolute atomic E-state index is 14.7. The van der Waals surface area contributed by atoms with Gasteiger partial charge in [-0.25, -0.2) is 4.79 Å². The number of benzene rings is 1. The van der Waals surface area contributed by atoms with Gasteiger partial charge < -0.3 is 36.2 Å². The van der Waals surface area contributed by atoms with Gasteiger partial charge in [-0.15, -0.1) is 5.10 Å². The Morgan fingerprint density at radius 1 is 0.894 bits per heavy atom. The number of ether oxygens (including phenoxy) is 1. The number of hydrogen-bond acceptors (Lipinski definition) is 10. The predicted octanol–water partition coefficient (Wildman–Crippen LogP) is 5.62. The molecule has 3 heterocycles. The third kappa shape index (κ3) is 17.3. The number of likely N-dealkylation sites (N-methyl/N-ethyl adjacent to an activating group) is 1. The number of amides is 6. The van der Waals surface area contributed by atoms with Gasteiger partial charge in [-0.05, 0) is 90.7 Å². The summed E-state index contributed by atoms with van der Waals surface area (Å²) >= 11 is 0. The van der Waals surface area contributed by atoms with Crippen molar-refractivity contribution in [2.24, 2.45) is 11.7 Å². The molecule has 2 aliphatic rings. The molecule has 17 nitrogen and oxygen atoms in total. The average Bonchev–Trinajstić information content (AvgIpc) is 3.92. The summed E-state index contributed by atoms with van der Waals surface area (Å²) in [5.41, 5.74) is 6.14. The van der Waals surface area contributed by atoms with Gasteiger partial charge in [-0.3, -0.25) is 33.6 Å². The molecule has 1 aromatic heterocycles. The zero-order valence-corrected chi connectivity index (χ0v) is 40.9. The summed E-state index contributed by atoms with van der Waals surface area (Å²) in [5, 5.41) is 18.0. The zero-order valence-electron chi connectivity index (χ0n) is 40.9. The van der Waals surface area contributed by atoms with Crippen LogP contribution in [0.3, 0.4) is 0 Å². The normalized spacial score (nSPS) is 18.5. The Labute approximate surface area is 393 Å². The van der Waals surface area contributed by atoms with E-state index in [4.69, 9.17) is 10.5 Å². The topological polar surface area (TPSA) is 214 Å². The molecule has 17 heteroatoms. The molecule has 6 amide bonds. The second-order valence-electron chi connectivity index (χ2n) is 19.6. The van der Waals surface area contributed by atoms with Crippen LogP contribution in [0.2, 0.25) is 0 Å². The first-order valence-corrected chi connectivity index (χ1v) is 24.6. The monoisotopic (exact) mass is 921 g/mol. The summed E-state index contributed by atoms with van der Waals surface area (Å²) in [7, 11) is 1.46. The highest BCUT2D eigenvalue weighted by molar-refractivity contribution is 5.95. The number of hydrogen-bond donors (Lipinski definition) is 4. The van der Waals surface area contributed by atoms with Crippen molar-refractivity contribution >= 4 is 35.6 Å². The first kappa shape index (κ1) is 53.6. The second kappa shape index (κ2) is 26.9. The highest BCUT2D eigenvalue weighted by atomic mass is 16.6. The number of nitrogens with one attached hydrogen (secondary N) is 3. The zero-order chi connectivity index (χ0) is 48.2. The van der Waals surface area contributed by atoms with Crippen LogP contribution in [0.1, 0.15) is 162 Å². The molecule has 5 atom stereocenters. The van der Waals surface area contributed by atoms with Gasteiger partial charge in [0.1, 0.15) is 29.4 Å². The summed E-state index contributed by atoms with van der Waals surface area (Å²) in [6.07, 6.45) is 15.1. The van der Waals surface area contributed by atoms with Crippen LogP contribution in [0.4, 0.5) is 4.79 Å². The van der Waals surface area contributed by atoms with Crippen molar-refractivity contribution in [3.8, 4) is 0 Å². The lowest BCUT2D eigenvalue weighted by Gasteiger charge is -2.39. The van der Waals surface area contributed by atoms with Gasteiger partial charge in [0.15, 0.2) is 0 Å². The minimum absolute atomic E-state index is 0.0642. The molecule has 5 N–H and O–H groups in total. The Morgan fingerprint density at radius 2 is 1.56 bits per heavy atom. The van der Waals surface area contributed by atoms with Crippen LogP contribution in [0.15, 0.2) is 36.5 Å². The van der Waals surface area contributed by atoms with Crippen molar-refractivity contribution in [1.82, 2.24) is 45.6 Å². The fourth-order valence-electron chi connectivity index (χ4n) is 8.55. The first-order valence-electron chi connectivity index (χ1n) is 24.6. The molecule has 2 aromatic rings. The number of aryl methyl sites for hydroxylation is 1. The number of unbranched alkanes of at least 4 members (excludes halogenated alkanes) is 9. The molecule has 0 radical (unpaired) electrons. The number of carbonyl (C=O) groups excluding carboxylic acids is 6. The average molecular weight is 921 g/mol. The van der Waals surface area contributed by atoms with Gasteiger partial charge in [0, 0.05) is 52.1 Å². The quantitative estimate of drug-likeness (QED) is 0.0903. The van der Waals surface area contributed by atoms with Crippen LogP contribution in [0, 0.1) is 5.92 Å². The maximum Gasteiger partial charge on any atom is 0.410 e. The second-order valence-corrected chi connectivity index (χ2v) is 19.6. The highest BCUT2D eigenvalue weighted by Crippen LogP contribution is 2.31. The first-order chi connectivity index (χ1) is 31.5. The maximum atomic E-state index is 14.7. The molecule has 0 spiro atoms. The van der Waals surface area contributed by atoms with Crippen LogP contribution in [0.5, 0.6) is 0 Å². The molecule has 66 heavy (non-hydrogen) atoms. The van der Waals surface area contributed by atoms with E-state index < -0.39 is 47.7 Å². The Hall–Kier alpha value is -5.06. The number of fused-ring (bicyclic) bond motifs is 1. The van der Waals surface area contributed by atoms with E-state index in [1.807, 2.05) is 55.1 Å². The Kier molecular flexibility index (Phi) is 21.8. The molecule has 0 aliphatic carbocycles. The van der Waals surface area contributed by atoms with E-state index >= 15 is 0 Å². The summed E-state index contributed by atoms with van der Waals surface area (Å²) in [5.74, 6) is -1.26. The van der Waals surface area contributed by atoms with E-state index in [0.29, 0.717) is 57.4 Å². The third-order valence-corrected chi connectivity index (χ3v) is 12.4. The van der Waals surface area contributed by atoms with Crippen molar-refractivity contribution in [2.75, 3.05) is 33.2 Å². The molecule has 2 saturated heterocycles. The molecule has 0 saturated carbocycles. The van der Waals surface area contributed by atoms with Gasteiger partial charge >= 0.3 is 6.09 Å². The van der Waals surface area contributed by atoms with Crippen LogP contribution in [0.25, 0.3) is 0 Å². The van der Waals surface area contributed by atoms with Crippen molar-refractivity contribution in [2.45, 2.75) is 187 Å². The van der Waals surface area contributed by atoms with E-state index in [0.717, 1.165) is 76.3 Å². The lowest BCUT2D eigenvalue weighted by atomic mass is 10.0. The van der Waals surface area contributed by atoms with Crippen LogP contribution >= 0.6 is 0 Å². The Morgan fingerprint density at radius 3 is 2.23 bits per heavy atom. The number of aromatic nitrogens is 3. The van der Waals surface area contributed by atoms with Crippen molar-refractivity contribution < 1.29 is 33.5 Å². The minimum Gasteiger partial charge on any atom is -0.444 e. The fraction of sp³-hybridized carbons (Fsp3) is 0.714. The van der Waals surface area contributed by atoms with Crippen molar-refractivity contribution in [3.63, 3.8) is 0 Å². The van der Waals surface area contributed by atoms with Gasteiger partial charge in [0.2, 0.25) is 29.5 Å². The minimum atomic E-state index is -1.16. The Balaban J connectivity index is 1.36. The SMILES string of the molecule is CC(C)CC(=O)N1CC[C@H]2CC[C@@H](C(=O)N[C@@H](c3ccccc3)c3cn(CCCCCCCCCCNC(=O)CCCCCN)nn3)N2C(=O)[C@@H](NC(=O)[C@H](C)N(C)C(=O)OC(C)(C)C)C1. The lowest BCUT2D eigenvalue weighted by Crippen LogP contribution is -2.62. The fourth-order valence-corrected chi connectivity index (χ4v) is 8.55. The molecule has 2 aliphatic heterocycles. The van der Waals surface area contributed by atoms with E-state index in [-0.39, 0.29) is 36.2 Å². The third-order valence-electron chi connectivity index (χ3n) is 12.4. The summed E-state index contributed by atoms with van der Waals surface area (Å²) in [4.78, 5) is 85.6. The van der Waals surface area contributed by atoms with Gasteiger partial charge in [0.05, 0.1) is 12.2 Å². The number of nitrogens with two attached hydrogens (primary N) is 1. The lowest BCUT2D eigenvalue weighted by molar-refractivity contribution is -0.147. The van der Waals surface area contributed by atoms with Gasteiger partial charge in [-0.2, -0.15) is 0 Å². The molecule has 368 valence electrons. The largest absolute Gasteiger partial charge is 0.444 e. The summed E-state index contributed by atoms with van der Waals surface area (Å²) in [6, 6.07) is 5.61. The van der Waals surface area contributed by atoms with Crippen LogP contribution in [-0.4, -0.2) is 128 Å². The molecular weight excluding hydrogens is 841 g/mol. The molecule has 0 bridgehead atoms. The van der Waals surface area contributed by atoms with Gasteiger partial charge in [0.25, 0.3) is 0 Å². The van der Waals surface area contributed by atoms with E-state index in [1.54, 1.807) is 37.5 Å². The van der Waals surface area contributed by atoms with Crippen LogP contribution in [-0.2, 0) is 35.3 Å². The molecular formula is C49H80N10O7. The number of nitrogens with zero attached hydrogens (tertiary/aromatic N) is 6. The standard InChI is InChI=1S/C49H80N10O7/c1-35(2)32-43(61)57-31-27-38-25-26-41(59(38)47(64)40(33-57)52-45(62)36(3)56(7)48(65)66-49(4,5)6)46(63)53-44(37-22-16-14-17-23-37)39-34-58(55-54-39)30-21-13-11-9-8-10-12-20-29-51-42(60)24-18-15-19-28-50/h14,16-17,22-23,34-36,38,40-41,44H,8-13,15,18-21,24-33,50H2,1-7H3,(H,51,60)(H,52,62)(H,53,63)/t36-,38+,40-,41-,44-/m0/s1. The smallest absolute Gasteiger partial charge is 0.410 e. The van der Waals surface area contributed by atoms with E-state index in [9.17, 15) is 28.8 Å². The summed E-state index contributed by atoms with van der Waals surface area (Å²) in [6.45, 7) is 13.1. The molecule has 1 aromatic carbocycles. The van der Waals surface area contributed by atoms with Crippen LogP contribution < -0.4 is 21.7 Å². The van der Waals surface area contributed by atoms with Gasteiger partial charge in [-0.1, -0.05) is 94.3 Å². The molecule has 0 unspecified atom stereocenters. The van der Waals surface area contributed by atoms with Crippen molar-refractivity contribution in [1.29, 1.82) is 0 Å². The number of carbonyl (C=O) groups is 6. The van der Waals surface area contributed by atoms with Crippen molar-refractivity contribution in [3.05, 3.63) is 47.8 Å². The molecule has 2 fully saturated rings. The molecule has 4 rings (SSSR count). The highest BCUT2D eigenvalue weighted by Gasteiger charge is 2.46. The summed E-state index contributed by atoms with van der Waals surface area (Å²) < 4.78 is 7.29. The van der Waals surface area contributed by atoms with E-state index in [1.165, 1.54) is 18.4 Å². The number of rotatable bonds is 25. The Bertz CT molecular complexity index is 1850.